The molecule has 2 aliphatic rings. The molecule has 0 aromatic rings. The van der Waals surface area contributed by atoms with Crippen LogP contribution in [-0.4, -0.2) is 47.8 Å². The van der Waals surface area contributed by atoms with Gasteiger partial charge in [-0.3, -0.25) is 0 Å². The van der Waals surface area contributed by atoms with E-state index in [-0.39, 0.29) is 6.10 Å². The molecule has 0 aromatic heterocycles. The maximum Gasteiger partial charge on any atom is 0.0693 e. The van der Waals surface area contributed by atoms with Crippen molar-refractivity contribution in [1.82, 2.24) is 10.2 Å². The number of likely N-dealkylation sites (tertiary alicyclic amines) is 1. The Morgan fingerprint density at radius 3 is 2.50 bits per heavy atom. The quantitative estimate of drug-likeness (QED) is 0.755. The molecule has 1 aliphatic carbocycles. The van der Waals surface area contributed by atoms with E-state index in [0.29, 0.717) is 12.1 Å². The van der Waals surface area contributed by atoms with E-state index < -0.39 is 0 Å². The highest BCUT2D eigenvalue weighted by atomic mass is 16.3. The SMILES string of the molecule is CC(CN1CCCCC1)NC1CCCCCC1O. The Balaban J connectivity index is 1.72. The maximum atomic E-state index is 10.1. The fourth-order valence-corrected chi connectivity index (χ4v) is 3.43. The van der Waals surface area contributed by atoms with Crippen LogP contribution in [0.25, 0.3) is 0 Å². The van der Waals surface area contributed by atoms with Crippen LogP contribution >= 0.6 is 0 Å². The summed E-state index contributed by atoms with van der Waals surface area (Å²) in [5.41, 5.74) is 0. The van der Waals surface area contributed by atoms with E-state index in [9.17, 15) is 5.11 Å². The van der Waals surface area contributed by atoms with Gasteiger partial charge in [0, 0.05) is 18.6 Å². The lowest BCUT2D eigenvalue weighted by atomic mass is 10.0. The second-order valence-corrected chi connectivity index (χ2v) is 6.24. The van der Waals surface area contributed by atoms with Crippen LogP contribution in [0.1, 0.15) is 58.3 Å². The fourth-order valence-electron chi connectivity index (χ4n) is 3.43. The number of aliphatic hydroxyl groups excluding tert-OH is 1. The van der Waals surface area contributed by atoms with Gasteiger partial charge in [0.25, 0.3) is 0 Å². The first kappa shape index (κ1) is 14.3. The van der Waals surface area contributed by atoms with Crippen LogP contribution in [0.4, 0.5) is 0 Å². The molecule has 18 heavy (non-hydrogen) atoms. The molecule has 0 bridgehead atoms. The Labute approximate surface area is 112 Å². The molecule has 3 unspecified atom stereocenters. The second-order valence-electron chi connectivity index (χ2n) is 6.24. The average Bonchev–Trinajstić information content (AvgIpc) is 2.56. The normalized spacial score (nSPS) is 33.0. The molecule has 3 heteroatoms. The number of piperidine rings is 1. The van der Waals surface area contributed by atoms with Gasteiger partial charge in [-0.1, -0.05) is 25.7 Å². The van der Waals surface area contributed by atoms with Crippen molar-refractivity contribution < 1.29 is 5.11 Å². The number of aliphatic hydroxyl groups is 1. The van der Waals surface area contributed by atoms with Crippen molar-refractivity contribution in [3.8, 4) is 0 Å². The van der Waals surface area contributed by atoms with Crippen molar-refractivity contribution in [2.75, 3.05) is 19.6 Å². The van der Waals surface area contributed by atoms with Crippen LogP contribution in [-0.2, 0) is 0 Å². The molecule has 3 atom stereocenters. The number of hydrogen-bond acceptors (Lipinski definition) is 3. The van der Waals surface area contributed by atoms with Gasteiger partial charge in [0.1, 0.15) is 0 Å². The summed E-state index contributed by atoms with van der Waals surface area (Å²) in [6, 6.07) is 0.827. The zero-order chi connectivity index (χ0) is 12.8. The van der Waals surface area contributed by atoms with Crippen molar-refractivity contribution in [1.29, 1.82) is 0 Å². The van der Waals surface area contributed by atoms with Gasteiger partial charge in [0.15, 0.2) is 0 Å². The summed E-state index contributed by atoms with van der Waals surface area (Å²) in [6.07, 6.45) is 9.87. The van der Waals surface area contributed by atoms with Crippen LogP contribution in [0.2, 0.25) is 0 Å². The van der Waals surface area contributed by atoms with E-state index in [0.717, 1.165) is 19.4 Å². The summed E-state index contributed by atoms with van der Waals surface area (Å²) in [6.45, 7) is 5.94. The van der Waals surface area contributed by atoms with Gasteiger partial charge in [0.05, 0.1) is 6.10 Å². The van der Waals surface area contributed by atoms with E-state index in [4.69, 9.17) is 0 Å². The molecule has 1 aliphatic heterocycles. The lowest BCUT2D eigenvalue weighted by Crippen LogP contribution is -2.49. The van der Waals surface area contributed by atoms with Gasteiger partial charge in [-0.2, -0.15) is 0 Å². The highest BCUT2D eigenvalue weighted by Crippen LogP contribution is 2.18. The first-order valence-corrected chi connectivity index (χ1v) is 7.92. The third kappa shape index (κ3) is 4.52. The molecule has 2 N–H and O–H groups in total. The average molecular weight is 254 g/mol. The van der Waals surface area contributed by atoms with E-state index in [1.54, 1.807) is 0 Å². The Kier molecular flexibility index (Phi) is 5.93. The summed E-state index contributed by atoms with van der Waals surface area (Å²) in [7, 11) is 0. The van der Waals surface area contributed by atoms with E-state index >= 15 is 0 Å². The minimum atomic E-state index is -0.128. The Hall–Kier alpha value is -0.120. The minimum absolute atomic E-state index is 0.128. The molecular formula is C15H30N2O. The van der Waals surface area contributed by atoms with Crippen LogP contribution in [0.15, 0.2) is 0 Å². The minimum Gasteiger partial charge on any atom is -0.392 e. The zero-order valence-electron chi connectivity index (χ0n) is 11.9. The predicted molar refractivity (Wildman–Crippen MR) is 75.8 cm³/mol. The molecule has 0 radical (unpaired) electrons. The van der Waals surface area contributed by atoms with Crippen molar-refractivity contribution in [3.63, 3.8) is 0 Å². The highest BCUT2D eigenvalue weighted by Gasteiger charge is 2.23. The summed E-state index contributed by atoms with van der Waals surface area (Å²) >= 11 is 0. The summed E-state index contributed by atoms with van der Waals surface area (Å²) in [5, 5.41) is 13.8. The lowest BCUT2D eigenvalue weighted by Gasteiger charge is -2.32. The lowest BCUT2D eigenvalue weighted by molar-refractivity contribution is 0.108. The fraction of sp³-hybridized carbons (Fsp3) is 1.00. The van der Waals surface area contributed by atoms with Gasteiger partial charge in [-0.05, 0) is 45.7 Å². The molecule has 2 rings (SSSR count). The number of nitrogens with one attached hydrogen (secondary N) is 1. The number of hydrogen-bond donors (Lipinski definition) is 2. The molecule has 0 amide bonds. The van der Waals surface area contributed by atoms with E-state index in [2.05, 4.69) is 17.1 Å². The van der Waals surface area contributed by atoms with Crippen LogP contribution in [0.5, 0.6) is 0 Å². The third-order valence-electron chi connectivity index (χ3n) is 4.46. The van der Waals surface area contributed by atoms with Gasteiger partial charge >= 0.3 is 0 Å². The first-order chi connectivity index (χ1) is 8.75. The monoisotopic (exact) mass is 254 g/mol. The van der Waals surface area contributed by atoms with Gasteiger partial charge in [-0.15, -0.1) is 0 Å². The molecule has 1 heterocycles. The molecular weight excluding hydrogens is 224 g/mol. The number of nitrogens with zero attached hydrogens (tertiary/aromatic N) is 1. The Bertz CT molecular complexity index is 229. The van der Waals surface area contributed by atoms with Crippen LogP contribution in [0, 0.1) is 0 Å². The van der Waals surface area contributed by atoms with Gasteiger partial charge in [0.2, 0.25) is 0 Å². The molecule has 106 valence electrons. The molecule has 1 saturated heterocycles. The molecule has 1 saturated carbocycles. The van der Waals surface area contributed by atoms with Crippen LogP contribution < -0.4 is 5.32 Å². The molecule has 3 nitrogen and oxygen atoms in total. The van der Waals surface area contributed by atoms with Crippen molar-refractivity contribution in [2.45, 2.75) is 76.5 Å². The zero-order valence-corrected chi connectivity index (χ0v) is 11.9. The summed E-state index contributed by atoms with van der Waals surface area (Å²) in [5.74, 6) is 0. The second kappa shape index (κ2) is 7.46. The van der Waals surface area contributed by atoms with E-state index in [1.807, 2.05) is 0 Å². The standard InChI is InChI=1S/C15H30N2O/c1-13(12-17-10-6-3-7-11-17)16-14-8-4-2-5-9-15(14)18/h13-16,18H,2-12H2,1H3. The smallest absolute Gasteiger partial charge is 0.0693 e. The summed E-state index contributed by atoms with van der Waals surface area (Å²) in [4.78, 5) is 2.57. The van der Waals surface area contributed by atoms with Crippen molar-refractivity contribution in [3.05, 3.63) is 0 Å². The largest absolute Gasteiger partial charge is 0.392 e. The van der Waals surface area contributed by atoms with Crippen LogP contribution in [0.3, 0.4) is 0 Å². The van der Waals surface area contributed by atoms with E-state index in [1.165, 1.54) is 51.6 Å². The number of rotatable bonds is 4. The van der Waals surface area contributed by atoms with Gasteiger partial charge < -0.3 is 15.3 Å². The topological polar surface area (TPSA) is 35.5 Å². The predicted octanol–water partition coefficient (Wildman–Crippen LogP) is 2.14. The van der Waals surface area contributed by atoms with Crippen molar-refractivity contribution >= 4 is 0 Å². The maximum absolute atomic E-state index is 10.1. The first-order valence-electron chi connectivity index (χ1n) is 7.92. The molecule has 0 spiro atoms. The van der Waals surface area contributed by atoms with Gasteiger partial charge in [-0.25, -0.2) is 0 Å². The van der Waals surface area contributed by atoms with Crippen molar-refractivity contribution in [2.24, 2.45) is 0 Å². The third-order valence-corrected chi connectivity index (χ3v) is 4.46. The molecule has 2 fully saturated rings. The molecule has 0 aromatic carbocycles. The Morgan fingerprint density at radius 1 is 1.06 bits per heavy atom. The Morgan fingerprint density at radius 2 is 1.72 bits per heavy atom. The highest BCUT2D eigenvalue weighted by molar-refractivity contribution is 4.82. The summed E-state index contributed by atoms with van der Waals surface area (Å²) < 4.78 is 0.